The van der Waals surface area contributed by atoms with Crippen LogP contribution in [-0.2, 0) is 30.2 Å². The van der Waals surface area contributed by atoms with Crippen LogP contribution in [-0.4, -0.2) is 38.2 Å². The maximum Gasteiger partial charge on any atom is 0.341 e. The summed E-state index contributed by atoms with van der Waals surface area (Å²) in [4.78, 5) is 13.0. The molecule has 0 spiro atoms. The first-order valence-corrected chi connectivity index (χ1v) is 12.0. The minimum Gasteiger partial charge on any atom is -0.494 e. The van der Waals surface area contributed by atoms with Gasteiger partial charge in [-0.15, -0.1) is 0 Å². The Kier molecular flexibility index (Phi) is 7.85. The number of hydrogen-bond donors (Lipinski definition) is 0. The van der Waals surface area contributed by atoms with Gasteiger partial charge in [-0.05, 0) is 44.0 Å². The summed E-state index contributed by atoms with van der Waals surface area (Å²) in [5.74, 6) is 1.43. The second-order valence-corrected chi connectivity index (χ2v) is 8.65. The molecule has 2 aromatic carbocycles. The van der Waals surface area contributed by atoms with Crippen LogP contribution >= 0.6 is 0 Å². The molecule has 0 aliphatic carbocycles. The Labute approximate surface area is 206 Å². The maximum absolute atomic E-state index is 13.0. The quantitative estimate of drug-likeness (QED) is 0.333. The monoisotopic (exact) mass is 480 g/mol. The Balaban J connectivity index is 1.66. The molecule has 0 aromatic heterocycles. The summed E-state index contributed by atoms with van der Waals surface area (Å²) in [5, 5.41) is 0. The predicted octanol–water partition coefficient (Wildman–Crippen LogP) is 5.39. The van der Waals surface area contributed by atoms with Crippen molar-refractivity contribution in [2.45, 2.75) is 58.5 Å². The third-order valence-electron chi connectivity index (χ3n) is 5.58. The van der Waals surface area contributed by atoms with Gasteiger partial charge in [-0.2, -0.15) is 0 Å². The van der Waals surface area contributed by atoms with Crippen LogP contribution in [0.3, 0.4) is 0 Å². The van der Waals surface area contributed by atoms with Gasteiger partial charge in [0.15, 0.2) is 11.9 Å². The van der Waals surface area contributed by atoms with Crippen molar-refractivity contribution in [2.75, 3.05) is 13.7 Å². The van der Waals surface area contributed by atoms with E-state index in [4.69, 9.17) is 28.4 Å². The molecule has 0 fully saturated rings. The van der Waals surface area contributed by atoms with Gasteiger partial charge in [0.25, 0.3) is 0 Å². The van der Waals surface area contributed by atoms with Crippen LogP contribution in [0.4, 0.5) is 0 Å². The SMILES string of the molecule is CCCCOc1ccc2c(c1)C(OC(C)C)=C(C(=O)OC)C(C1=COC(Cc3ccccc3)O1)O2. The minimum absolute atomic E-state index is 0.193. The third kappa shape index (κ3) is 5.73. The smallest absolute Gasteiger partial charge is 0.341 e. The Morgan fingerprint density at radius 3 is 2.60 bits per heavy atom. The van der Waals surface area contributed by atoms with Crippen molar-refractivity contribution >= 4 is 11.7 Å². The Bertz CT molecular complexity index is 1090. The first-order valence-electron chi connectivity index (χ1n) is 12.0. The van der Waals surface area contributed by atoms with E-state index in [0.717, 1.165) is 18.4 Å². The number of esters is 1. The molecule has 2 aromatic rings. The number of carbonyl (C=O) groups is 1. The van der Waals surface area contributed by atoms with Crippen LogP contribution in [0.5, 0.6) is 11.5 Å². The minimum atomic E-state index is -0.878. The Morgan fingerprint density at radius 1 is 1.09 bits per heavy atom. The Morgan fingerprint density at radius 2 is 1.89 bits per heavy atom. The number of unbranched alkanes of at least 4 members (excludes halogenated alkanes) is 1. The summed E-state index contributed by atoms with van der Waals surface area (Å²) in [6.07, 6.45) is 2.44. The normalized spacial score (nSPS) is 18.7. The lowest BCUT2D eigenvalue weighted by Crippen LogP contribution is -2.33. The summed E-state index contributed by atoms with van der Waals surface area (Å²) in [6.45, 7) is 6.52. The molecule has 4 rings (SSSR count). The Hall–Kier alpha value is -3.61. The van der Waals surface area contributed by atoms with E-state index in [1.807, 2.05) is 62.4 Å². The van der Waals surface area contributed by atoms with E-state index in [1.165, 1.54) is 13.4 Å². The van der Waals surface area contributed by atoms with Crippen molar-refractivity contribution in [2.24, 2.45) is 0 Å². The topological polar surface area (TPSA) is 72.5 Å². The summed E-state index contributed by atoms with van der Waals surface area (Å²) < 4.78 is 35.3. The van der Waals surface area contributed by atoms with Crippen LogP contribution in [0.2, 0.25) is 0 Å². The summed E-state index contributed by atoms with van der Waals surface area (Å²) in [5.41, 5.74) is 1.92. The van der Waals surface area contributed by atoms with Crippen LogP contribution in [0.15, 0.2) is 66.1 Å². The summed E-state index contributed by atoms with van der Waals surface area (Å²) >= 11 is 0. The highest BCUT2D eigenvalue weighted by Crippen LogP contribution is 2.42. The van der Waals surface area contributed by atoms with E-state index in [1.54, 1.807) is 0 Å². The van der Waals surface area contributed by atoms with Crippen molar-refractivity contribution in [1.82, 2.24) is 0 Å². The fourth-order valence-corrected chi connectivity index (χ4v) is 3.91. The molecule has 2 aliphatic heterocycles. The van der Waals surface area contributed by atoms with Crippen molar-refractivity contribution in [3.05, 3.63) is 77.3 Å². The van der Waals surface area contributed by atoms with E-state index in [-0.39, 0.29) is 11.7 Å². The van der Waals surface area contributed by atoms with Gasteiger partial charge < -0.3 is 28.4 Å². The van der Waals surface area contributed by atoms with E-state index in [0.29, 0.717) is 41.6 Å². The lowest BCUT2D eigenvalue weighted by molar-refractivity contribution is -0.137. The van der Waals surface area contributed by atoms with Crippen LogP contribution in [0.25, 0.3) is 5.76 Å². The summed E-state index contributed by atoms with van der Waals surface area (Å²) in [6, 6.07) is 15.4. The molecule has 0 N–H and O–H groups in total. The number of hydrogen-bond acceptors (Lipinski definition) is 7. The van der Waals surface area contributed by atoms with Crippen LogP contribution < -0.4 is 9.47 Å². The first-order chi connectivity index (χ1) is 17.0. The van der Waals surface area contributed by atoms with Crippen molar-refractivity contribution < 1.29 is 33.2 Å². The zero-order valence-corrected chi connectivity index (χ0v) is 20.6. The van der Waals surface area contributed by atoms with Crippen molar-refractivity contribution in [1.29, 1.82) is 0 Å². The molecule has 7 heteroatoms. The average molecular weight is 481 g/mol. The molecule has 0 radical (unpaired) electrons. The molecule has 35 heavy (non-hydrogen) atoms. The molecule has 0 saturated carbocycles. The molecular weight excluding hydrogens is 448 g/mol. The molecule has 0 amide bonds. The molecular formula is C28H32O7. The second-order valence-electron chi connectivity index (χ2n) is 8.65. The average Bonchev–Trinajstić information content (AvgIpc) is 3.32. The number of methoxy groups -OCH3 is 1. The number of rotatable bonds is 10. The standard InChI is InChI=1S/C28H32O7/c1-5-6-14-31-20-12-13-22-21(16-20)26(33-18(2)3)25(28(29)30-4)27(35-22)23-17-32-24(34-23)15-19-10-8-7-9-11-19/h7-13,16-18,24,27H,5-6,14-15H2,1-4H3. The highest BCUT2D eigenvalue weighted by atomic mass is 16.7. The molecule has 2 unspecified atom stereocenters. The van der Waals surface area contributed by atoms with Gasteiger partial charge in [-0.1, -0.05) is 43.7 Å². The second kappa shape index (κ2) is 11.2. The van der Waals surface area contributed by atoms with E-state index < -0.39 is 18.4 Å². The molecule has 2 atom stereocenters. The van der Waals surface area contributed by atoms with Gasteiger partial charge in [0, 0.05) is 6.42 Å². The van der Waals surface area contributed by atoms with Gasteiger partial charge in [-0.25, -0.2) is 4.79 Å². The molecule has 0 bridgehead atoms. The highest BCUT2D eigenvalue weighted by molar-refractivity contribution is 5.99. The third-order valence-corrected chi connectivity index (χ3v) is 5.58. The number of fused-ring (bicyclic) bond motifs is 1. The van der Waals surface area contributed by atoms with Gasteiger partial charge in [-0.3, -0.25) is 0 Å². The van der Waals surface area contributed by atoms with Gasteiger partial charge >= 0.3 is 5.97 Å². The van der Waals surface area contributed by atoms with Crippen molar-refractivity contribution in [3.8, 4) is 11.5 Å². The van der Waals surface area contributed by atoms with Gasteiger partial charge in [0.05, 0.1) is 25.4 Å². The van der Waals surface area contributed by atoms with E-state index >= 15 is 0 Å². The largest absolute Gasteiger partial charge is 0.494 e. The number of benzene rings is 2. The van der Waals surface area contributed by atoms with Gasteiger partial charge in [0.1, 0.15) is 29.1 Å². The molecule has 7 nitrogen and oxygen atoms in total. The number of ether oxygens (including phenoxy) is 6. The molecule has 2 heterocycles. The lowest BCUT2D eigenvalue weighted by Gasteiger charge is -2.30. The summed E-state index contributed by atoms with van der Waals surface area (Å²) in [7, 11) is 1.33. The first kappa shape index (κ1) is 24.5. The van der Waals surface area contributed by atoms with Crippen LogP contribution in [0.1, 0.15) is 44.7 Å². The molecule has 2 aliphatic rings. The lowest BCUT2D eigenvalue weighted by atomic mass is 9.97. The number of carbonyl (C=O) groups excluding carboxylic acids is 1. The zero-order chi connectivity index (χ0) is 24.8. The van der Waals surface area contributed by atoms with Crippen molar-refractivity contribution in [3.63, 3.8) is 0 Å². The zero-order valence-electron chi connectivity index (χ0n) is 20.6. The fraction of sp³-hybridized carbons (Fsp3) is 0.393. The van der Waals surface area contributed by atoms with E-state index in [9.17, 15) is 4.79 Å². The van der Waals surface area contributed by atoms with E-state index in [2.05, 4.69) is 6.92 Å². The molecule has 186 valence electrons. The highest BCUT2D eigenvalue weighted by Gasteiger charge is 2.41. The van der Waals surface area contributed by atoms with Gasteiger partial charge in [0.2, 0.25) is 6.29 Å². The molecule has 0 saturated heterocycles. The van der Waals surface area contributed by atoms with Crippen LogP contribution in [0, 0.1) is 0 Å². The predicted molar refractivity (Wildman–Crippen MR) is 131 cm³/mol. The maximum atomic E-state index is 13.0. The fourth-order valence-electron chi connectivity index (χ4n) is 3.91.